The summed E-state index contributed by atoms with van der Waals surface area (Å²) in [6.07, 6.45) is 2.89. The van der Waals surface area contributed by atoms with Gasteiger partial charge >= 0.3 is 5.97 Å². The molecule has 0 aliphatic rings. The normalized spacial score (nSPS) is 13.6. The van der Waals surface area contributed by atoms with Gasteiger partial charge in [0.2, 0.25) is 0 Å². The largest absolute Gasteiger partial charge is 0.480 e. The van der Waals surface area contributed by atoms with Gasteiger partial charge in [-0.25, -0.2) is 4.98 Å². The van der Waals surface area contributed by atoms with E-state index in [4.69, 9.17) is 5.26 Å². The molecule has 0 radical (unpaired) electrons. The zero-order valence-corrected chi connectivity index (χ0v) is 10.6. The highest BCUT2D eigenvalue weighted by Gasteiger charge is 2.31. The Kier molecular flexibility index (Phi) is 4.81. The first-order valence-corrected chi connectivity index (χ1v) is 5.85. The van der Waals surface area contributed by atoms with Crippen LogP contribution in [0.1, 0.15) is 37.9 Å². The minimum absolute atomic E-state index is 0.335. The average Bonchev–Trinajstić information content (AvgIpc) is 2.37. The molecule has 1 aromatic heterocycles. The number of hydrogen-bond donors (Lipinski definition) is 2. The fraction of sp³-hybridized carbons (Fsp3) is 0.462. The standard InChI is InChI=1S/C13H17N3O2/c1-3-5-13(2,12(17)18)16-9-10-4-6-15-11(7-10)8-14/h4,6-7,16H,3,5,9H2,1-2H3,(H,17,18). The van der Waals surface area contributed by atoms with Gasteiger partial charge in [-0.3, -0.25) is 10.1 Å². The predicted molar refractivity (Wildman–Crippen MR) is 66.7 cm³/mol. The van der Waals surface area contributed by atoms with Crippen LogP contribution in [-0.2, 0) is 11.3 Å². The summed E-state index contributed by atoms with van der Waals surface area (Å²) in [4.78, 5) is 15.1. The van der Waals surface area contributed by atoms with Crippen molar-refractivity contribution in [3.63, 3.8) is 0 Å². The van der Waals surface area contributed by atoms with Crippen molar-refractivity contribution in [3.05, 3.63) is 29.6 Å². The number of nitriles is 1. The molecular weight excluding hydrogens is 230 g/mol. The van der Waals surface area contributed by atoms with E-state index in [0.717, 1.165) is 12.0 Å². The van der Waals surface area contributed by atoms with Crippen molar-refractivity contribution < 1.29 is 9.90 Å². The van der Waals surface area contributed by atoms with Crippen LogP contribution in [0.25, 0.3) is 0 Å². The second kappa shape index (κ2) is 6.12. The first-order chi connectivity index (χ1) is 8.51. The summed E-state index contributed by atoms with van der Waals surface area (Å²) in [6.45, 7) is 4.02. The van der Waals surface area contributed by atoms with E-state index < -0.39 is 11.5 Å². The van der Waals surface area contributed by atoms with Gasteiger partial charge < -0.3 is 5.11 Å². The van der Waals surface area contributed by atoms with Gasteiger partial charge in [0.15, 0.2) is 0 Å². The van der Waals surface area contributed by atoms with Crippen LogP contribution in [0.3, 0.4) is 0 Å². The molecular formula is C13H17N3O2. The molecule has 5 heteroatoms. The summed E-state index contributed by atoms with van der Waals surface area (Å²) in [6, 6.07) is 5.38. The zero-order valence-electron chi connectivity index (χ0n) is 10.6. The summed E-state index contributed by atoms with van der Waals surface area (Å²) in [5, 5.41) is 21.0. The second-order valence-electron chi connectivity index (χ2n) is 4.40. The molecule has 0 saturated carbocycles. The minimum Gasteiger partial charge on any atom is -0.480 e. The first kappa shape index (κ1) is 14.1. The number of nitrogens with one attached hydrogen (secondary N) is 1. The van der Waals surface area contributed by atoms with E-state index in [0.29, 0.717) is 18.7 Å². The monoisotopic (exact) mass is 247 g/mol. The fourth-order valence-corrected chi connectivity index (χ4v) is 1.71. The van der Waals surface area contributed by atoms with Crippen molar-refractivity contribution in [2.24, 2.45) is 0 Å². The third kappa shape index (κ3) is 3.54. The first-order valence-electron chi connectivity index (χ1n) is 5.85. The van der Waals surface area contributed by atoms with Crippen LogP contribution in [0.5, 0.6) is 0 Å². The Morgan fingerprint density at radius 2 is 2.39 bits per heavy atom. The zero-order chi connectivity index (χ0) is 13.6. The maximum absolute atomic E-state index is 11.2. The second-order valence-corrected chi connectivity index (χ2v) is 4.40. The van der Waals surface area contributed by atoms with Gasteiger partial charge in [0.25, 0.3) is 0 Å². The van der Waals surface area contributed by atoms with Gasteiger partial charge in [0.05, 0.1) is 0 Å². The Morgan fingerprint density at radius 1 is 1.67 bits per heavy atom. The molecule has 1 unspecified atom stereocenters. The number of hydrogen-bond acceptors (Lipinski definition) is 4. The molecule has 1 rings (SSSR count). The van der Waals surface area contributed by atoms with E-state index in [9.17, 15) is 9.90 Å². The Hall–Kier alpha value is -1.93. The number of carboxylic acids is 1. The van der Waals surface area contributed by atoms with Crippen LogP contribution in [0, 0.1) is 11.3 Å². The smallest absolute Gasteiger partial charge is 0.323 e. The van der Waals surface area contributed by atoms with E-state index in [1.54, 1.807) is 25.3 Å². The van der Waals surface area contributed by atoms with Crippen molar-refractivity contribution in [1.82, 2.24) is 10.3 Å². The number of rotatable bonds is 6. The molecule has 0 aromatic carbocycles. The van der Waals surface area contributed by atoms with Crippen molar-refractivity contribution in [2.45, 2.75) is 38.8 Å². The van der Waals surface area contributed by atoms with Gasteiger partial charge in [0, 0.05) is 12.7 Å². The molecule has 0 saturated heterocycles. The van der Waals surface area contributed by atoms with Gasteiger partial charge in [-0.05, 0) is 31.0 Å². The summed E-state index contributed by atoms with van der Waals surface area (Å²) in [5.74, 6) is -0.862. The molecule has 5 nitrogen and oxygen atoms in total. The third-order valence-corrected chi connectivity index (χ3v) is 2.84. The van der Waals surface area contributed by atoms with Crippen LogP contribution in [0.2, 0.25) is 0 Å². The van der Waals surface area contributed by atoms with Gasteiger partial charge in [-0.15, -0.1) is 0 Å². The molecule has 96 valence electrons. The van der Waals surface area contributed by atoms with Crippen LogP contribution < -0.4 is 5.32 Å². The van der Waals surface area contributed by atoms with Crippen LogP contribution in [0.4, 0.5) is 0 Å². The summed E-state index contributed by atoms with van der Waals surface area (Å²) in [7, 11) is 0. The molecule has 0 spiro atoms. The lowest BCUT2D eigenvalue weighted by atomic mass is 9.96. The van der Waals surface area contributed by atoms with Crippen LogP contribution >= 0.6 is 0 Å². The Morgan fingerprint density at radius 3 is 2.94 bits per heavy atom. The summed E-state index contributed by atoms with van der Waals surface area (Å²) >= 11 is 0. The SMILES string of the molecule is CCCC(C)(NCc1ccnc(C#N)c1)C(=O)O. The summed E-state index contributed by atoms with van der Waals surface area (Å²) in [5.41, 5.74) is 0.247. The minimum atomic E-state index is -0.940. The van der Waals surface area contributed by atoms with E-state index in [-0.39, 0.29) is 0 Å². The quantitative estimate of drug-likeness (QED) is 0.798. The highest BCUT2D eigenvalue weighted by atomic mass is 16.4. The lowest BCUT2D eigenvalue weighted by molar-refractivity contribution is -0.144. The molecule has 18 heavy (non-hydrogen) atoms. The highest BCUT2D eigenvalue weighted by Crippen LogP contribution is 2.14. The van der Waals surface area contributed by atoms with E-state index >= 15 is 0 Å². The Balaban J connectivity index is 2.73. The molecule has 1 aromatic rings. The molecule has 0 aliphatic carbocycles. The lowest BCUT2D eigenvalue weighted by Crippen LogP contribution is -2.48. The van der Waals surface area contributed by atoms with E-state index in [1.165, 1.54) is 0 Å². The van der Waals surface area contributed by atoms with Gasteiger partial charge in [-0.2, -0.15) is 5.26 Å². The fourth-order valence-electron chi connectivity index (χ4n) is 1.71. The summed E-state index contributed by atoms with van der Waals surface area (Å²) < 4.78 is 0. The molecule has 2 N–H and O–H groups in total. The van der Waals surface area contributed by atoms with Crippen molar-refractivity contribution in [3.8, 4) is 6.07 Å². The van der Waals surface area contributed by atoms with Crippen LogP contribution in [0.15, 0.2) is 18.3 Å². The Labute approximate surface area is 106 Å². The lowest BCUT2D eigenvalue weighted by Gasteiger charge is -2.25. The van der Waals surface area contributed by atoms with Crippen molar-refractivity contribution in [1.29, 1.82) is 5.26 Å². The number of carbonyl (C=O) groups is 1. The molecule has 0 amide bonds. The molecule has 0 bridgehead atoms. The number of aliphatic carboxylic acids is 1. The maximum Gasteiger partial charge on any atom is 0.323 e. The topological polar surface area (TPSA) is 86.0 Å². The highest BCUT2D eigenvalue weighted by molar-refractivity contribution is 5.78. The van der Waals surface area contributed by atoms with Gasteiger partial charge in [-0.1, -0.05) is 13.3 Å². The molecule has 0 fully saturated rings. The van der Waals surface area contributed by atoms with E-state index in [2.05, 4.69) is 10.3 Å². The van der Waals surface area contributed by atoms with E-state index in [1.807, 2.05) is 13.0 Å². The molecule has 1 heterocycles. The number of carboxylic acid groups (broad SMARTS) is 1. The van der Waals surface area contributed by atoms with Crippen molar-refractivity contribution >= 4 is 5.97 Å². The number of nitrogens with zero attached hydrogens (tertiary/aromatic N) is 2. The van der Waals surface area contributed by atoms with Gasteiger partial charge in [0.1, 0.15) is 17.3 Å². The number of pyridine rings is 1. The van der Waals surface area contributed by atoms with Crippen LogP contribution in [-0.4, -0.2) is 21.6 Å². The maximum atomic E-state index is 11.2. The predicted octanol–water partition coefficient (Wildman–Crippen LogP) is 1.69. The Bertz CT molecular complexity index is 468. The number of aromatic nitrogens is 1. The molecule has 1 atom stereocenters. The average molecular weight is 247 g/mol. The third-order valence-electron chi connectivity index (χ3n) is 2.84. The molecule has 0 aliphatic heterocycles. The van der Waals surface area contributed by atoms with Crippen molar-refractivity contribution in [2.75, 3.05) is 0 Å².